The lowest BCUT2D eigenvalue weighted by molar-refractivity contribution is 0.283. The Morgan fingerprint density at radius 3 is 2.88 bits per heavy atom. The van der Waals surface area contributed by atoms with Gasteiger partial charge in [0.2, 0.25) is 0 Å². The molecule has 1 aliphatic heterocycles. The fourth-order valence-electron chi connectivity index (χ4n) is 2.01. The quantitative estimate of drug-likeness (QED) is 0.736. The standard InChI is InChI=1S/C13H20N2O/c1-13(7-8-14-11-13)15-9-10-16-12-5-3-2-4-6-12/h2-6,14-15H,7-11H2,1H3. The second-order valence-corrected chi connectivity index (χ2v) is 4.58. The van der Waals surface area contributed by atoms with Crippen molar-refractivity contribution in [3.63, 3.8) is 0 Å². The predicted molar refractivity (Wildman–Crippen MR) is 65.8 cm³/mol. The second-order valence-electron chi connectivity index (χ2n) is 4.58. The average Bonchev–Trinajstić information content (AvgIpc) is 2.74. The zero-order valence-electron chi connectivity index (χ0n) is 9.83. The molecule has 1 saturated heterocycles. The first-order valence-electron chi connectivity index (χ1n) is 5.92. The molecule has 1 unspecified atom stereocenters. The maximum atomic E-state index is 5.63. The smallest absolute Gasteiger partial charge is 0.119 e. The molecule has 0 saturated carbocycles. The van der Waals surface area contributed by atoms with E-state index in [1.54, 1.807) is 0 Å². The summed E-state index contributed by atoms with van der Waals surface area (Å²) in [5.74, 6) is 0.944. The fraction of sp³-hybridized carbons (Fsp3) is 0.538. The molecule has 1 fully saturated rings. The van der Waals surface area contributed by atoms with Gasteiger partial charge in [0.05, 0.1) is 0 Å². The van der Waals surface area contributed by atoms with E-state index >= 15 is 0 Å². The molecular weight excluding hydrogens is 200 g/mol. The molecule has 1 aliphatic rings. The van der Waals surface area contributed by atoms with E-state index in [0.29, 0.717) is 0 Å². The van der Waals surface area contributed by atoms with Crippen LogP contribution in [0.4, 0.5) is 0 Å². The lowest BCUT2D eigenvalue weighted by atomic mass is 10.0. The van der Waals surface area contributed by atoms with Crippen molar-refractivity contribution >= 4 is 0 Å². The summed E-state index contributed by atoms with van der Waals surface area (Å²) in [6, 6.07) is 9.95. The molecule has 3 heteroatoms. The maximum Gasteiger partial charge on any atom is 0.119 e. The van der Waals surface area contributed by atoms with Crippen LogP contribution >= 0.6 is 0 Å². The first-order chi connectivity index (χ1) is 7.79. The Morgan fingerprint density at radius 2 is 2.19 bits per heavy atom. The highest BCUT2D eigenvalue weighted by molar-refractivity contribution is 5.20. The van der Waals surface area contributed by atoms with Crippen molar-refractivity contribution in [2.45, 2.75) is 18.9 Å². The Labute approximate surface area is 97.2 Å². The first-order valence-corrected chi connectivity index (χ1v) is 5.92. The third kappa shape index (κ3) is 3.22. The number of nitrogens with one attached hydrogen (secondary N) is 2. The monoisotopic (exact) mass is 220 g/mol. The van der Waals surface area contributed by atoms with Crippen LogP contribution in [-0.4, -0.2) is 31.8 Å². The van der Waals surface area contributed by atoms with Crippen molar-refractivity contribution in [2.24, 2.45) is 0 Å². The van der Waals surface area contributed by atoms with E-state index in [2.05, 4.69) is 17.6 Å². The summed E-state index contributed by atoms with van der Waals surface area (Å²) in [5, 5.41) is 6.91. The fourth-order valence-corrected chi connectivity index (χ4v) is 2.01. The van der Waals surface area contributed by atoms with Crippen molar-refractivity contribution in [3.05, 3.63) is 30.3 Å². The topological polar surface area (TPSA) is 33.3 Å². The van der Waals surface area contributed by atoms with Crippen LogP contribution < -0.4 is 15.4 Å². The van der Waals surface area contributed by atoms with Crippen LogP contribution in [0.25, 0.3) is 0 Å². The Kier molecular flexibility index (Phi) is 3.80. The molecule has 0 bridgehead atoms. The van der Waals surface area contributed by atoms with Crippen molar-refractivity contribution in [1.29, 1.82) is 0 Å². The highest BCUT2D eigenvalue weighted by atomic mass is 16.5. The molecule has 2 N–H and O–H groups in total. The van der Waals surface area contributed by atoms with Gasteiger partial charge in [-0.15, -0.1) is 0 Å². The summed E-state index contributed by atoms with van der Waals surface area (Å²) in [6.07, 6.45) is 1.19. The summed E-state index contributed by atoms with van der Waals surface area (Å²) < 4.78 is 5.63. The van der Waals surface area contributed by atoms with Crippen molar-refractivity contribution in [3.8, 4) is 5.75 Å². The molecule has 0 radical (unpaired) electrons. The van der Waals surface area contributed by atoms with Gasteiger partial charge in [0.1, 0.15) is 12.4 Å². The number of hydrogen-bond donors (Lipinski definition) is 2. The van der Waals surface area contributed by atoms with Gasteiger partial charge in [0.25, 0.3) is 0 Å². The minimum Gasteiger partial charge on any atom is -0.492 e. The molecule has 88 valence electrons. The van der Waals surface area contributed by atoms with Crippen LogP contribution in [-0.2, 0) is 0 Å². The molecule has 1 aromatic carbocycles. The molecule has 1 heterocycles. The van der Waals surface area contributed by atoms with Gasteiger partial charge in [-0.05, 0) is 32.0 Å². The van der Waals surface area contributed by atoms with Gasteiger partial charge in [-0.1, -0.05) is 18.2 Å². The zero-order chi connectivity index (χ0) is 11.3. The summed E-state index contributed by atoms with van der Waals surface area (Å²) in [6.45, 7) is 6.05. The Morgan fingerprint density at radius 1 is 1.38 bits per heavy atom. The van der Waals surface area contributed by atoms with Gasteiger partial charge < -0.3 is 15.4 Å². The van der Waals surface area contributed by atoms with E-state index in [1.807, 2.05) is 30.3 Å². The molecule has 0 amide bonds. The van der Waals surface area contributed by atoms with E-state index in [1.165, 1.54) is 6.42 Å². The lowest BCUT2D eigenvalue weighted by Gasteiger charge is -2.24. The minimum absolute atomic E-state index is 0.250. The molecule has 16 heavy (non-hydrogen) atoms. The van der Waals surface area contributed by atoms with Gasteiger partial charge in [0, 0.05) is 18.6 Å². The molecule has 3 nitrogen and oxygen atoms in total. The van der Waals surface area contributed by atoms with Gasteiger partial charge >= 0.3 is 0 Å². The Balaban J connectivity index is 1.65. The van der Waals surface area contributed by atoms with Gasteiger partial charge in [-0.3, -0.25) is 0 Å². The van der Waals surface area contributed by atoms with Crippen LogP contribution in [0, 0.1) is 0 Å². The number of hydrogen-bond acceptors (Lipinski definition) is 3. The van der Waals surface area contributed by atoms with Gasteiger partial charge in [-0.25, -0.2) is 0 Å². The zero-order valence-corrected chi connectivity index (χ0v) is 9.83. The summed E-state index contributed by atoms with van der Waals surface area (Å²) in [7, 11) is 0. The number of rotatable bonds is 5. The molecule has 0 spiro atoms. The molecule has 0 aromatic heterocycles. The third-order valence-corrected chi connectivity index (χ3v) is 3.03. The van der Waals surface area contributed by atoms with Crippen LogP contribution in [0.1, 0.15) is 13.3 Å². The van der Waals surface area contributed by atoms with Crippen molar-refractivity contribution in [1.82, 2.24) is 10.6 Å². The highest BCUT2D eigenvalue weighted by Gasteiger charge is 2.27. The number of para-hydroxylation sites is 1. The summed E-state index contributed by atoms with van der Waals surface area (Å²) in [4.78, 5) is 0. The van der Waals surface area contributed by atoms with E-state index < -0.39 is 0 Å². The van der Waals surface area contributed by atoms with E-state index in [0.717, 1.165) is 32.0 Å². The molecule has 0 aliphatic carbocycles. The largest absolute Gasteiger partial charge is 0.492 e. The molecule has 2 rings (SSSR count). The molecule has 1 atom stereocenters. The number of benzene rings is 1. The highest BCUT2D eigenvalue weighted by Crippen LogP contribution is 2.12. The SMILES string of the molecule is CC1(NCCOc2ccccc2)CCNC1. The van der Waals surface area contributed by atoms with E-state index in [4.69, 9.17) is 4.74 Å². The van der Waals surface area contributed by atoms with Crippen LogP contribution in [0.2, 0.25) is 0 Å². The average molecular weight is 220 g/mol. The maximum absolute atomic E-state index is 5.63. The van der Waals surface area contributed by atoms with Crippen LogP contribution in [0.3, 0.4) is 0 Å². The van der Waals surface area contributed by atoms with E-state index in [-0.39, 0.29) is 5.54 Å². The summed E-state index contributed by atoms with van der Waals surface area (Å²) >= 11 is 0. The Bertz CT molecular complexity index is 307. The van der Waals surface area contributed by atoms with Crippen molar-refractivity contribution in [2.75, 3.05) is 26.2 Å². The normalized spacial score (nSPS) is 24.6. The predicted octanol–water partition coefficient (Wildman–Crippen LogP) is 1.41. The molecular formula is C13H20N2O. The second kappa shape index (κ2) is 5.32. The first kappa shape index (κ1) is 11.4. The van der Waals surface area contributed by atoms with Crippen LogP contribution in [0.5, 0.6) is 5.75 Å². The Hall–Kier alpha value is -1.06. The van der Waals surface area contributed by atoms with Gasteiger partial charge in [-0.2, -0.15) is 0 Å². The minimum atomic E-state index is 0.250. The van der Waals surface area contributed by atoms with Gasteiger partial charge in [0.15, 0.2) is 0 Å². The molecule has 1 aromatic rings. The third-order valence-electron chi connectivity index (χ3n) is 3.03. The van der Waals surface area contributed by atoms with Crippen molar-refractivity contribution < 1.29 is 4.74 Å². The van der Waals surface area contributed by atoms with Crippen LogP contribution in [0.15, 0.2) is 30.3 Å². The lowest BCUT2D eigenvalue weighted by Crippen LogP contribution is -2.45. The van der Waals surface area contributed by atoms with E-state index in [9.17, 15) is 0 Å². The summed E-state index contributed by atoms with van der Waals surface area (Å²) in [5.41, 5.74) is 0.250. The number of ether oxygens (including phenoxy) is 1.